The van der Waals surface area contributed by atoms with Crippen LogP contribution in [0.5, 0.6) is 5.75 Å². The molecule has 1 N–H and O–H groups in total. The minimum atomic E-state index is 0.691. The minimum Gasteiger partial charge on any atom is -0.493 e. The van der Waals surface area contributed by atoms with Crippen LogP contribution in [0.1, 0.15) is 21.0 Å². The van der Waals surface area contributed by atoms with Crippen LogP contribution in [0.3, 0.4) is 0 Å². The van der Waals surface area contributed by atoms with E-state index in [4.69, 9.17) is 4.74 Å². The smallest absolute Gasteiger partial charge is 0.140 e. The summed E-state index contributed by atoms with van der Waals surface area (Å²) in [7, 11) is 0. The molecule has 0 saturated heterocycles. The largest absolute Gasteiger partial charge is 0.493 e. The van der Waals surface area contributed by atoms with E-state index in [0.717, 1.165) is 31.0 Å². The molecule has 0 atom stereocenters. The minimum absolute atomic E-state index is 0.691. The van der Waals surface area contributed by atoms with Crippen LogP contribution in [0, 0.1) is 13.8 Å². The van der Waals surface area contributed by atoms with E-state index in [2.05, 4.69) is 36.3 Å². The van der Waals surface area contributed by atoms with Gasteiger partial charge in [-0.1, -0.05) is 17.7 Å². The average molecular weight is 274 g/mol. The van der Waals surface area contributed by atoms with Crippen molar-refractivity contribution < 1.29 is 4.74 Å². The fourth-order valence-electron chi connectivity index (χ4n) is 2.32. The van der Waals surface area contributed by atoms with Crippen LogP contribution in [0.25, 0.3) is 0 Å². The van der Waals surface area contributed by atoms with Gasteiger partial charge in [0.1, 0.15) is 11.6 Å². The van der Waals surface area contributed by atoms with Crippen molar-refractivity contribution in [2.75, 3.05) is 18.5 Å². The zero-order valence-corrected chi connectivity index (χ0v) is 12.1. The van der Waals surface area contributed by atoms with Crippen molar-refractivity contribution in [1.82, 2.24) is 4.98 Å². The van der Waals surface area contributed by atoms with Crippen molar-refractivity contribution in [2.45, 2.75) is 26.7 Å². The van der Waals surface area contributed by atoms with E-state index in [9.17, 15) is 0 Å². The first-order chi connectivity index (χ1) is 9.22. The Morgan fingerprint density at radius 2 is 2.26 bits per heavy atom. The quantitative estimate of drug-likeness (QED) is 0.928. The van der Waals surface area contributed by atoms with Gasteiger partial charge in [-0.25, -0.2) is 4.98 Å². The first-order valence-electron chi connectivity index (χ1n) is 6.65. The Labute approximate surface area is 117 Å². The van der Waals surface area contributed by atoms with Crippen LogP contribution >= 0.6 is 11.3 Å². The van der Waals surface area contributed by atoms with E-state index in [0.29, 0.717) is 6.61 Å². The Bertz CT molecular complexity index is 570. The van der Waals surface area contributed by atoms with Gasteiger partial charge < -0.3 is 10.1 Å². The number of nitrogens with zero attached hydrogens (tertiary/aromatic N) is 1. The molecule has 2 heterocycles. The lowest BCUT2D eigenvalue weighted by Gasteiger charge is -2.08. The van der Waals surface area contributed by atoms with Crippen LogP contribution in [0.4, 0.5) is 5.82 Å². The fraction of sp³-hybridized carbons (Fsp3) is 0.400. The number of thiazole rings is 1. The molecule has 0 unspecified atom stereocenters. The number of benzene rings is 1. The molecule has 3 nitrogen and oxygen atoms in total. The number of nitrogens with one attached hydrogen (secondary N) is 1. The maximum atomic E-state index is 5.84. The van der Waals surface area contributed by atoms with Gasteiger partial charge in [0.2, 0.25) is 0 Å². The predicted octanol–water partition coefficient (Wildman–Crippen LogP) is 3.35. The van der Waals surface area contributed by atoms with E-state index < -0.39 is 0 Å². The van der Waals surface area contributed by atoms with E-state index in [-0.39, 0.29) is 0 Å². The molecule has 4 heteroatoms. The Hall–Kier alpha value is -1.55. The summed E-state index contributed by atoms with van der Waals surface area (Å²) in [5.74, 6) is 2.07. The summed E-state index contributed by atoms with van der Waals surface area (Å²) in [4.78, 5) is 5.98. The molecular formula is C15H18N2OS. The fourth-order valence-corrected chi connectivity index (χ4v) is 3.34. The number of hydrogen-bond acceptors (Lipinski definition) is 4. The van der Waals surface area contributed by atoms with Crippen LogP contribution < -0.4 is 10.1 Å². The van der Waals surface area contributed by atoms with E-state index in [1.165, 1.54) is 21.0 Å². The molecule has 19 heavy (non-hydrogen) atoms. The summed E-state index contributed by atoms with van der Waals surface area (Å²) in [6, 6.07) is 6.29. The van der Waals surface area contributed by atoms with Gasteiger partial charge in [-0.15, -0.1) is 11.3 Å². The third-order valence-corrected chi connectivity index (χ3v) is 4.46. The molecule has 100 valence electrons. The van der Waals surface area contributed by atoms with Gasteiger partial charge in [-0.05, 0) is 25.5 Å². The second kappa shape index (κ2) is 5.21. The van der Waals surface area contributed by atoms with E-state index in [1.807, 2.05) is 17.4 Å². The number of aromatic nitrogens is 1. The summed E-state index contributed by atoms with van der Waals surface area (Å²) >= 11 is 1.81. The molecular weight excluding hydrogens is 256 g/mol. The lowest BCUT2D eigenvalue weighted by atomic mass is 10.1. The van der Waals surface area contributed by atoms with Gasteiger partial charge >= 0.3 is 0 Å². The van der Waals surface area contributed by atoms with Gasteiger partial charge in [-0.3, -0.25) is 0 Å². The summed E-state index contributed by atoms with van der Waals surface area (Å²) in [6.07, 6.45) is 2.00. The number of fused-ring (bicyclic) bond motifs is 1. The normalized spacial score (nSPS) is 13.2. The average Bonchev–Trinajstić information content (AvgIpc) is 2.92. The molecule has 1 aliphatic rings. The van der Waals surface area contributed by atoms with Gasteiger partial charge in [0, 0.05) is 19.4 Å². The highest BCUT2D eigenvalue weighted by molar-refractivity contribution is 7.12. The molecule has 0 saturated carbocycles. The van der Waals surface area contributed by atoms with Gasteiger partial charge in [-0.2, -0.15) is 0 Å². The predicted molar refractivity (Wildman–Crippen MR) is 79.4 cm³/mol. The highest BCUT2D eigenvalue weighted by atomic mass is 32.1. The maximum Gasteiger partial charge on any atom is 0.140 e. The Morgan fingerprint density at radius 3 is 3.05 bits per heavy atom. The molecule has 0 spiro atoms. The number of anilines is 1. The molecule has 0 fully saturated rings. The summed E-state index contributed by atoms with van der Waals surface area (Å²) < 4.78 is 5.84. The van der Waals surface area contributed by atoms with Gasteiger partial charge in [0.15, 0.2) is 0 Å². The van der Waals surface area contributed by atoms with Crippen LogP contribution in [0.15, 0.2) is 18.2 Å². The lowest BCUT2D eigenvalue weighted by molar-refractivity contribution is 0.319. The summed E-state index contributed by atoms with van der Waals surface area (Å²) in [5, 5.41) is 4.47. The number of ether oxygens (including phenoxy) is 1. The third-order valence-electron chi connectivity index (χ3n) is 3.29. The summed E-state index contributed by atoms with van der Waals surface area (Å²) in [6.45, 7) is 5.91. The number of rotatable bonds is 4. The first kappa shape index (κ1) is 12.5. The monoisotopic (exact) mass is 274 g/mol. The molecule has 0 bridgehead atoms. The molecule has 1 aliphatic heterocycles. The highest BCUT2D eigenvalue weighted by Gasteiger charge is 2.15. The van der Waals surface area contributed by atoms with Gasteiger partial charge in [0.25, 0.3) is 0 Å². The number of aryl methyl sites for hydroxylation is 2. The second-order valence-electron chi connectivity index (χ2n) is 4.92. The molecule has 0 aliphatic carbocycles. The van der Waals surface area contributed by atoms with Gasteiger partial charge in [0.05, 0.1) is 16.5 Å². The van der Waals surface area contributed by atoms with Crippen molar-refractivity contribution in [2.24, 2.45) is 0 Å². The zero-order chi connectivity index (χ0) is 13.2. The topological polar surface area (TPSA) is 34.1 Å². The summed E-state index contributed by atoms with van der Waals surface area (Å²) in [5.41, 5.74) is 2.47. The van der Waals surface area contributed by atoms with Crippen molar-refractivity contribution in [3.63, 3.8) is 0 Å². The number of hydrogen-bond donors (Lipinski definition) is 1. The standard InChI is InChI=1S/C15H18N2OS/c1-10-3-4-12(11(2)9-10)18-8-6-14-17-15-13(19-14)5-7-16-15/h3-4,9,16H,5-8H2,1-2H3. The third kappa shape index (κ3) is 2.73. The van der Waals surface area contributed by atoms with Crippen LogP contribution in [-0.2, 0) is 12.8 Å². The molecule has 0 radical (unpaired) electrons. The van der Waals surface area contributed by atoms with E-state index in [1.54, 1.807) is 0 Å². The Balaban J connectivity index is 1.57. The molecule has 1 aromatic heterocycles. The lowest BCUT2D eigenvalue weighted by Crippen LogP contribution is -2.03. The van der Waals surface area contributed by atoms with Crippen LogP contribution in [0.2, 0.25) is 0 Å². The van der Waals surface area contributed by atoms with Crippen molar-refractivity contribution in [3.8, 4) is 5.75 Å². The molecule has 0 amide bonds. The Kier molecular flexibility index (Phi) is 3.42. The zero-order valence-electron chi connectivity index (χ0n) is 11.3. The van der Waals surface area contributed by atoms with Crippen molar-refractivity contribution in [1.29, 1.82) is 0 Å². The molecule has 2 aromatic rings. The highest BCUT2D eigenvalue weighted by Crippen LogP contribution is 2.28. The Morgan fingerprint density at radius 1 is 1.37 bits per heavy atom. The maximum absolute atomic E-state index is 5.84. The van der Waals surface area contributed by atoms with Crippen molar-refractivity contribution >= 4 is 17.2 Å². The molecule has 3 rings (SSSR count). The first-order valence-corrected chi connectivity index (χ1v) is 7.46. The second-order valence-corrected chi connectivity index (χ2v) is 6.09. The molecule has 1 aromatic carbocycles. The SMILES string of the molecule is Cc1ccc(OCCc2nc3c(s2)CCN3)c(C)c1. The van der Waals surface area contributed by atoms with E-state index >= 15 is 0 Å². The van der Waals surface area contributed by atoms with Crippen molar-refractivity contribution in [3.05, 3.63) is 39.2 Å². The van der Waals surface area contributed by atoms with Crippen LogP contribution in [-0.4, -0.2) is 18.1 Å².